The number of aromatic nitrogens is 2. The van der Waals surface area contributed by atoms with E-state index in [1.807, 2.05) is 0 Å². The molecule has 1 saturated heterocycles. The first-order valence-corrected chi connectivity index (χ1v) is 4.09. The first-order valence-electron chi connectivity index (χ1n) is 4.09. The van der Waals surface area contributed by atoms with E-state index in [1.165, 1.54) is 11.1 Å². The van der Waals surface area contributed by atoms with Crippen LogP contribution in [0, 0.1) is 0 Å². The quantitative estimate of drug-likeness (QED) is 0.624. The largest absolute Gasteiger partial charge is 0.333 e. The molecule has 2 heterocycles. The number of hydrogen-bond donors (Lipinski definition) is 0. The summed E-state index contributed by atoms with van der Waals surface area (Å²) < 4.78 is 14.0. The Hall–Kier alpha value is -1.39. The maximum absolute atomic E-state index is 12.4. The summed E-state index contributed by atoms with van der Waals surface area (Å²) in [6.45, 7) is 0.432. The van der Waals surface area contributed by atoms with Crippen molar-refractivity contribution in [2.45, 2.75) is 6.17 Å². The highest BCUT2D eigenvalue weighted by atomic mass is 19.1. The third-order valence-electron chi connectivity index (χ3n) is 2.08. The van der Waals surface area contributed by atoms with Gasteiger partial charge in [0.2, 0.25) is 0 Å². The van der Waals surface area contributed by atoms with Crippen molar-refractivity contribution in [1.82, 2.24) is 14.7 Å². The van der Waals surface area contributed by atoms with Crippen molar-refractivity contribution in [3.63, 3.8) is 0 Å². The summed E-state index contributed by atoms with van der Waals surface area (Å²) >= 11 is 0. The Bertz CT molecular complexity index is 330. The zero-order valence-electron chi connectivity index (χ0n) is 7.27. The molecule has 13 heavy (non-hydrogen) atoms. The van der Waals surface area contributed by atoms with E-state index in [-0.39, 0.29) is 19.0 Å². The van der Waals surface area contributed by atoms with Crippen LogP contribution in [-0.4, -0.2) is 39.8 Å². The van der Waals surface area contributed by atoms with Crippen molar-refractivity contribution in [3.05, 3.63) is 18.0 Å². The molecular formula is C8H10FN3O. The minimum atomic E-state index is -0.847. The maximum Gasteiger partial charge on any atom is 0.257 e. The van der Waals surface area contributed by atoms with Crippen molar-refractivity contribution >= 4 is 5.91 Å². The smallest absolute Gasteiger partial charge is 0.257 e. The molecule has 5 heteroatoms. The lowest BCUT2D eigenvalue weighted by Gasteiger charge is -2.33. The minimum absolute atomic E-state index is 0.137. The highest BCUT2D eigenvalue weighted by Gasteiger charge is 2.31. The number of nitrogens with zero attached hydrogens (tertiary/aromatic N) is 3. The van der Waals surface area contributed by atoms with Crippen LogP contribution in [0.25, 0.3) is 0 Å². The third kappa shape index (κ3) is 1.41. The Morgan fingerprint density at radius 1 is 1.69 bits per heavy atom. The van der Waals surface area contributed by atoms with E-state index in [9.17, 15) is 9.18 Å². The van der Waals surface area contributed by atoms with Crippen molar-refractivity contribution in [1.29, 1.82) is 0 Å². The van der Waals surface area contributed by atoms with E-state index in [0.29, 0.717) is 5.56 Å². The van der Waals surface area contributed by atoms with Crippen LogP contribution in [0.3, 0.4) is 0 Å². The SMILES string of the molecule is Cn1cc(C(=O)N2CC(F)C2)cn1. The van der Waals surface area contributed by atoms with Crippen molar-refractivity contribution in [2.24, 2.45) is 7.05 Å². The average molecular weight is 183 g/mol. The molecule has 4 nitrogen and oxygen atoms in total. The molecule has 0 unspecified atom stereocenters. The van der Waals surface area contributed by atoms with Gasteiger partial charge in [-0.05, 0) is 0 Å². The number of carbonyl (C=O) groups excluding carboxylic acids is 1. The molecule has 0 aliphatic carbocycles. The highest BCUT2D eigenvalue weighted by Crippen LogP contribution is 2.14. The van der Waals surface area contributed by atoms with Gasteiger partial charge in [0.05, 0.1) is 24.8 Å². The molecule has 1 amide bonds. The standard InChI is InChI=1S/C8H10FN3O/c1-11-3-6(2-10-11)8(13)12-4-7(9)5-12/h2-3,7H,4-5H2,1H3. The number of carbonyl (C=O) groups is 1. The van der Waals surface area contributed by atoms with E-state index in [2.05, 4.69) is 5.10 Å². The molecule has 0 atom stereocenters. The molecular weight excluding hydrogens is 173 g/mol. The minimum Gasteiger partial charge on any atom is -0.333 e. The molecule has 0 saturated carbocycles. The van der Waals surface area contributed by atoms with Gasteiger partial charge in [-0.15, -0.1) is 0 Å². The molecule has 0 radical (unpaired) electrons. The molecule has 0 aromatic carbocycles. The van der Waals surface area contributed by atoms with Crippen LogP contribution in [0.5, 0.6) is 0 Å². The Balaban J connectivity index is 2.06. The van der Waals surface area contributed by atoms with Gasteiger partial charge in [-0.25, -0.2) is 4.39 Å². The topological polar surface area (TPSA) is 38.1 Å². The monoisotopic (exact) mass is 183 g/mol. The van der Waals surface area contributed by atoms with Gasteiger partial charge in [0, 0.05) is 13.2 Å². The fourth-order valence-electron chi connectivity index (χ4n) is 1.30. The summed E-state index contributed by atoms with van der Waals surface area (Å²) in [5.74, 6) is -0.137. The van der Waals surface area contributed by atoms with Gasteiger partial charge in [-0.2, -0.15) is 5.10 Å². The molecule has 1 aromatic heterocycles. The van der Waals surface area contributed by atoms with Crippen LogP contribution >= 0.6 is 0 Å². The van der Waals surface area contributed by atoms with Crippen LogP contribution in [0.2, 0.25) is 0 Å². The van der Waals surface area contributed by atoms with Crippen molar-refractivity contribution in [2.75, 3.05) is 13.1 Å². The fraction of sp³-hybridized carbons (Fsp3) is 0.500. The van der Waals surface area contributed by atoms with Crippen LogP contribution < -0.4 is 0 Å². The van der Waals surface area contributed by atoms with E-state index in [4.69, 9.17) is 0 Å². The maximum atomic E-state index is 12.4. The lowest BCUT2D eigenvalue weighted by molar-refractivity contribution is 0.0400. The second kappa shape index (κ2) is 2.83. The van der Waals surface area contributed by atoms with Crippen LogP contribution in [0.15, 0.2) is 12.4 Å². The normalized spacial score (nSPS) is 17.2. The molecule has 1 aliphatic rings. The number of alkyl halides is 1. The Kier molecular flexibility index (Phi) is 1.79. The zero-order valence-corrected chi connectivity index (χ0v) is 7.27. The van der Waals surface area contributed by atoms with Gasteiger partial charge in [0.1, 0.15) is 6.17 Å². The summed E-state index contributed by atoms with van der Waals surface area (Å²) in [6.07, 6.45) is 2.28. The first kappa shape index (κ1) is 8.22. The molecule has 0 bridgehead atoms. The molecule has 1 aliphatic heterocycles. The van der Waals surface area contributed by atoms with E-state index in [1.54, 1.807) is 17.9 Å². The summed E-state index contributed by atoms with van der Waals surface area (Å²) in [7, 11) is 1.74. The average Bonchev–Trinajstić information content (AvgIpc) is 2.45. The molecule has 2 rings (SSSR count). The molecule has 0 N–H and O–H groups in total. The first-order chi connectivity index (χ1) is 6.16. The van der Waals surface area contributed by atoms with Crippen molar-refractivity contribution in [3.8, 4) is 0 Å². The molecule has 1 aromatic rings. The van der Waals surface area contributed by atoms with Crippen LogP contribution in [-0.2, 0) is 7.05 Å². The van der Waals surface area contributed by atoms with Crippen molar-refractivity contribution < 1.29 is 9.18 Å². The lowest BCUT2D eigenvalue weighted by Crippen LogP contribution is -2.51. The van der Waals surface area contributed by atoms with Gasteiger partial charge in [0.25, 0.3) is 5.91 Å². The summed E-state index contributed by atoms with van der Waals surface area (Å²) in [5, 5.41) is 3.87. The van der Waals surface area contributed by atoms with Gasteiger partial charge in [-0.3, -0.25) is 9.48 Å². The Morgan fingerprint density at radius 3 is 2.85 bits per heavy atom. The highest BCUT2D eigenvalue weighted by molar-refractivity contribution is 5.94. The van der Waals surface area contributed by atoms with Gasteiger partial charge in [0.15, 0.2) is 0 Å². The second-order valence-corrected chi connectivity index (χ2v) is 3.21. The van der Waals surface area contributed by atoms with Gasteiger partial charge >= 0.3 is 0 Å². The van der Waals surface area contributed by atoms with Gasteiger partial charge < -0.3 is 4.90 Å². The predicted octanol–water partition coefficient (Wildman–Crippen LogP) is 0.214. The third-order valence-corrected chi connectivity index (χ3v) is 2.08. The molecule has 70 valence electrons. The number of hydrogen-bond acceptors (Lipinski definition) is 2. The summed E-state index contributed by atoms with van der Waals surface area (Å²) in [6, 6.07) is 0. The van der Waals surface area contributed by atoms with E-state index < -0.39 is 6.17 Å². The molecule has 1 fully saturated rings. The van der Waals surface area contributed by atoms with Crippen LogP contribution in [0.1, 0.15) is 10.4 Å². The lowest BCUT2D eigenvalue weighted by atomic mass is 10.1. The Labute approximate surface area is 74.9 Å². The number of halogens is 1. The molecule has 0 spiro atoms. The predicted molar refractivity (Wildman–Crippen MR) is 44.0 cm³/mol. The number of amides is 1. The number of rotatable bonds is 1. The van der Waals surface area contributed by atoms with Crippen LogP contribution in [0.4, 0.5) is 4.39 Å². The zero-order chi connectivity index (χ0) is 9.42. The number of likely N-dealkylation sites (tertiary alicyclic amines) is 1. The summed E-state index contributed by atoms with van der Waals surface area (Å²) in [5.41, 5.74) is 0.523. The van der Waals surface area contributed by atoms with Gasteiger partial charge in [-0.1, -0.05) is 0 Å². The second-order valence-electron chi connectivity index (χ2n) is 3.21. The number of aryl methyl sites for hydroxylation is 1. The fourth-order valence-corrected chi connectivity index (χ4v) is 1.30. The Morgan fingerprint density at radius 2 is 2.38 bits per heavy atom. The van der Waals surface area contributed by atoms with E-state index in [0.717, 1.165) is 0 Å². The summed E-state index contributed by atoms with van der Waals surface area (Å²) in [4.78, 5) is 13.0. The van der Waals surface area contributed by atoms with E-state index >= 15 is 0 Å².